The Morgan fingerprint density at radius 1 is 0.938 bits per heavy atom. The first-order valence-electron chi connectivity index (χ1n) is 11.2. The van der Waals surface area contributed by atoms with Gasteiger partial charge in [-0.05, 0) is 61.6 Å². The number of hydrogen-bond acceptors (Lipinski definition) is 4. The fourth-order valence-electron chi connectivity index (χ4n) is 3.28. The maximum absolute atomic E-state index is 12.3. The molecule has 6 nitrogen and oxygen atoms in total. The predicted octanol–water partition coefficient (Wildman–Crippen LogP) is 4.64. The number of carbonyl (C=O) groups is 2. The van der Waals surface area contributed by atoms with Crippen LogP contribution in [0.15, 0.2) is 53.6 Å². The topological polar surface area (TPSA) is 73.8 Å². The summed E-state index contributed by atoms with van der Waals surface area (Å²) in [5.74, 6) is -0.429. The summed E-state index contributed by atoms with van der Waals surface area (Å²) < 4.78 is 0. The molecular weight excluding hydrogens is 400 g/mol. The second-order valence-corrected chi connectivity index (χ2v) is 8.91. The lowest BCUT2D eigenvalue weighted by Crippen LogP contribution is -2.26. The second-order valence-electron chi connectivity index (χ2n) is 8.91. The molecule has 0 fully saturated rings. The summed E-state index contributed by atoms with van der Waals surface area (Å²) in [6.07, 6.45) is 0.126. The standard InChI is InChI=1S/C26H36N4O2/c1-7-30(8-2)23-15-9-20(10-16-23)18-27-24(31)17-19(3)28-29-25(32)21-11-13-22(14-12-21)26(4,5)6/h9-16H,7-8,17-18H2,1-6H3,(H,27,31)(H,29,32). The van der Waals surface area contributed by atoms with Crippen LogP contribution in [0.4, 0.5) is 5.69 Å². The molecule has 0 atom stereocenters. The van der Waals surface area contributed by atoms with Crippen molar-refractivity contribution >= 4 is 23.2 Å². The van der Waals surface area contributed by atoms with Crippen molar-refractivity contribution in [3.05, 3.63) is 65.2 Å². The third kappa shape index (κ3) is 7.52. The van der Waals surface area contributed by atoms with Crippen molar-refractivity contribution in [3.63, 3.8) is 0 Å². The molecule has 2 aromatic carbocycles. The van der Waals surface area contributed by atoms with E-state index < -0.39 is 0 Å². The van der Waals surface area contributed by atoms with Crippen molar-refractivity contribution < 1.29 is 9.59 Å². The van der Waals surface area contributed by atoms with Gasteiger partial charge in [-0.2, -0.15) is 5.10 Å². The average molecular weight is 437 g/mol. The summed E-state index contributed by atoms with van der Waals surface area (Å²) in [5, 5.41) is 6.97. The van der Waals surface area contributed by atoms with Gasteiger partial charge in [-0.25, -0.2) is 5.43 Å². The van der Waals surface area contributed by atoms with Gasteiger partial charge in [0.1, 0.15) is 0 Å². The van der Waals surface area contributed by atoms with E-state index in [4.69, 9.17) is 0 Å². The molecule has 2 N–H and O–H groups in total. The van der Waals surface area contributed by atoms with E-state index in [0.29, 0.717) is 17.8 Å². The summed E-state index contributed by atoms with van der Waals surface area (Å²) in [5.41, 5.74) is 7.01. The van der Waals surface area contributed by atoms with Crippen LogP contribution in [0.1, 0.15) is 69.4 Å². The molecule has 0 saturated heterocycles. The molecule has 2 rings (SSSR count). The Bertz CT molecular complexity index is 922. The molecule has 0 aliphatic rings. The van der Waals surface area contributed by atoms with Gasteiger partial charge < -0.3 is 10.2 Å². The molecule has 6 heteroatoms. The van der Waals surface area contributed by atoms with Crippen LogP contribution < -0.4 is 15.6 Å². The average Bonchev–Trinajstić information content (AvgIpc) is 2.77. The Hall–Kier alpha value is -3.15. The van der Waals surface area contributed by atoms with Gasteiger partial charge in [0.2, 0.25) is 5.91 Å². The number of nitrogens with one attached hydrogen (secondary N) is 2. The fourth-order valence-corrected chi connectivity index (χ4v) is 3.28. The number of hydrazone groups is 1. The molecular formula is C26H36N4O2. The zero-order valence-corrected chi connectivity index (χ0v) is 20.2. The van der Waals surface area contributed by atoms with Crippen molar-refractivity contribution in [2.24, 2.45) is 5.10 Å². The molecule has 0 saturated carbocycles. The van der Waals surface area contributed by atoms with E-state index in [1.54, 1.807) is 19.1 Å². The Kier molecular flexibility index (Phi) is 9.00. The van der Waals surface area contributed by atoms with Gasteiger partial charge in [0.05, 0.1) is 6.42 Å². The number of rotatable bonds is 9. The van der Waals surface area contributed by atoms with Gasteiger partial charge >= 0.3 is 0 Å². The minimum atomic E-state index is -0.293. The van der Waals surface area contributed by atoms with E-state index in [1.807, 2.05) is 24.3 Å². The monoisotopic (exact) mass is 436 g/mol. The van der Waals surface area contributed by atoms with Gasteiger partial charge in [0.15, 0.2) is 0 Å². The molecule has 0 spiro atoms. The normalized spacial score (nSPS) is 11.8. The SMILES string of the molecule is CCN(CC)c1ccc(CNC(=O)CC(C)=NNC(=O)c2ccc(C(C)(C)C)cc2)cc1. The Morgan fingerprint density at radius 3 is 2.06 bits per heavy atom. The highest BCUT2D eigenvalue weighted by Crippen LogP contribution is 2.22. The number of anilines is 1. The summed E-state index contributed by atoms with van der Waals surface area (Å²) >= 11 is 0. The fraction of sp³-hybridized carbons (Fsp3) is 0.423. The number of hydrogen-bond donors (Lipinski definition) is 2. The molecule has 0 aromatic heterocycles. The summed E-state index contributed by atoms with van der Waals surface area (Å²) in [7, 11) is 0. The Balaban J connectivity index is 1.82. The van der Waals surface area contributed by atoms with Crippen LogP contribution in [0.3, 0.4) is 0 Å². The lowest BCUT2D eigenvalue weighted by atomic mass is 9.87. The van der Waals surface area contributed by atoms with Crippen LogP contribution in [0.5, 0.6) is 0 Å². The van der Waals surface area contributed by atoms with Gasteiger partial charge in [0, 0.05) is 36.6 Å². The molecule has 0 aliphatic carbocycles. The van der Waals surface area contributed by atoms with Crippen LogP contribution in [0, 0.1) is 0 Å². The molecule has 0 heterocycles. The van der Waals surface area contributed by atoms with E-state index in [0.717, 1.165) is 24.2 Å². The van der Waals surface area contributed by atoms with Crippen molar-refractivity contribution in [1.29, 1.82) is 0 Å². The van der Waals surface area contributed by atoms with Crippen LogP contribution in [0.2, 0.25) is 0 Å². The first-order chi connectivity index (χ1) is 15.1. The number of amides is 2. The quantitative estimate of drug-likeness (QED) is 0.444. The van der Waals surface area contributed by atoms with Crippen LogP contribution in [-0.2, 0) is 16.8 Å². The van der Waals surface area contributed by atoms with Gasteiger partial charge in [-0.3, -0.25) is 9.59 Å². The number of carbonyl (C=O) groups excluding carboxylic acids is 2. The largest absolute Gasteiger partial charge is 0.372 e. The Labute approximate surface area is 192 Å². The molecule has 2 amide bonds. The molecule has 0 radical (unpaired) electrons. The molecule has 0 aliphatic heterocycles. The third-order valence-electron chi connectivity index (χ3n) is 5.33. The van der Waals surface area contributed by atoms with Crippen LogP contribution in [0.25, 0.3) is 0 Å². The molecule has 0 unspecified atom stereocenters. The number of benzene rings is 2. The molecule has 32 heavy (non-hydrogen) atoms. The highest BCUT2D eigenvalue weighted by atomic mass is 16.2. The van der Waals surface area contributed by atoms with Gasteiger partial charge in [-0.1, -0.05) is 45.0 Å². The van der Waals surface area contributed by atoms with E-state index in [9.17, 15) is 9.59 Å². The lowest BCUT2D eigenvalue weighted by molar-refractivity contribution is -0.120. The maximum atomic E-state index is 12.3. The van der Waals surface area contributed by atoms with Crippen LogP contribution in [-0.4, -0.2) is 30.6 Å². The van der Waals surface area contributed by atoms with Crippen LogP contribution >= 0.6 is 0 Å². The number of nitrogens with zero attached hydrogens (tertiary/aromatic N) is 2. The summed E-state index contributed by atoms with van der Waals surface area (Å²) in [6.45, 7) is 14.7. The maximum Gasteiger partial charge on any atom is 0.271 e. The third-order valence-corrected chi connectivity index (χ3v) is 5.33. The van der Waals surface area contributed by atoms with E-state index in [2.05, 4.69) is 67.5 Å². The van der Waals surface area contributed by atoms with Crippen molar-refractivity contribution in [2.45, 2.75) is 59.9 Å². The van der Waals surface area contributed by atoms with Crippen molar-refractivity contribution in [2.75, 3.05) is 18.0 Å². The summed E-state index contributed by atoms with van der Waals surface area (Å²) in [6, 6.07) is 15.7. The van der Waals surface area contributed by atoms with E-state index >= 15 is 0 Å². The first-order valence-corrected chi connectivity index (χ1v) is 11.2. The zero-order chi connectivity index (χ0) is 23.7. The van der Waals surface area contributed by atoms with Crippen molar-refractivity contribution in [1.82, 2.24) is 10.7 Å². The van der Waals surface area contributed by atoms with Crippen molar-refractivity contribution in [3.8, 4) is 0 Å². The van der Waals surface area contributed by atoms with E-state index in [-0.39, 0.29) is 23.7 Å². The van der Waals surface area contributed by atoms with E-state index in [1.165, 1.54) is 5.69 Å². The molecule has 0 bridgehead atoms. The Morgan fingerprint density at radius 2 is 1.53 bits per heavy atom. The molecule has 2 aromatic rings. The van der Waals surface area contributed by atoms with Gasteiger partial charge in [0.25, 0.3) is 5.91 Å². The van der Waals surface area contributed by atoms with Gasteiger partial charge in [-0.15, -0.1) is 0 Å². The predicted molar refractivity (Wildman–Crippen MR) is 132 cm³/mol. The second kappa shape index (κ2) is 11.5. The highest BCUT2D eigenvalue weighted by molar-refractivity contribution is 6.01. The minimum absolute atomic E-state index is 0.0323. The smallest absolute Gasteiger partial charge is 0.271 e. The molecule has 172 valence electrons. The minimum Gasteiger partial charge on any atom is -0.372 e. The zero-order valence-electron chi connectivity index (χ0n) is 20.2. The lowest BCUT2D eigenvalue weighted by Gasteiger charge is -2.21. The first kappa shape index (κ1) is 25.1. The highest BCUT2D eigenvalue weighted by Gasteiger charge is 2.14. The summed E-state index contributed by atoms with van der Waals surface area (Å²) in [4.78, 5) is 26.8.